The zero-order chi connectivity index (χ0) is 14.8. The summed E-state index contributed by atoms with van der Waals surface area (Å²) < 4.78 is 5.42. The van der Waals surface area contributed by atoms with Crippen molar-refractivity contribution in [1.82, 2.24) is 0 Å². The molecule has 3 nitrogen and oxygen atoms in total. The molecule has 1 aliphatic carbocycles. The van der Waals surface area contributed by atoms with Crippen LogP contribution in [0.2, 0.25) is 0 Å². The molecule has 106 valence electrons. The zero-order valence-electron chi connectivity index (χ0n) is 12.8. The molecule has 0 amide bonds. The van der Waals surface area contributed by atoms with Crippen LogP contribution in [0.5, 0.6) is 0 Å². The molecule has 3 heteroatoms. The highest BCUT2D eigenvalue weighted by atomic mass is 16.5. The van der Waals surface area contributed by atoms with Gasteiger partial charge in [-0.1, -0.05) is 26.8 Å². The number of carbonyl (C=O) groups is 2. The van der Waals surface area contributed by atoms with Crippen LogP contribution in [0.3, 0.4) is 0 Å². The molecule has 0 aromatic carbocycles. The molecular weight excluding hydrogens is 240 g/mol. The molecule has 0 aromatic rings. The molecule has 0 heterocycles. The smallest absolute Gasteiger partial charge is 0.316 e. The molecule has 0 saturated carbocycles. The Balaban J connectivity index is 3.04. The van der Waals surface area contributed by atoms with Crippen molar-refractivity contribution >= 4 is 11.8 Å². The van der Waals surface area contributed by atoms with Gasteiger partial charge in [-0.3, -0.25) is 9.59 Å². The summed E-state index contributed by atoms with van der Waals surface area (Å²) in [5.74, 6) is 0.161. The number of hydrogen-bond acceptors (Lipinski definition) is 3. The molecule has 0 saturated heterocycles. The van der Waals surface area contributed by atoms with Crippen LogP contribution in [0, 0.1) is 10.8 Å². The second-order valence-electron chi connectivity index (χ2n) is 7.09. The van der Waals surface area contributed by atoms with E-state index in [9.17, 15) is 9.59 Å². The lowest BCUT2D eigenvalue weighted by Gasteiger charge is -2.23. The second-order valence-corrected chi connectivity index (χ2v) is 7.09. The molecule has 0 bridgehead atoms. The third-order valence-corrected chi connectivity index (χ3v) is 2.66. The molecule has 19 heavy (non-hydrogen) atoms. The normalized spacial score (nSPS) is 19.4. The van der Waals surface area contributed by atoms with Crippen LogP contribution >= 0.6 is 0 Å². The largest absolute Gasteiger partial charge is 0.426 e. The van der Waals surface area contributed by atoms with E-state index in [0.29, 0.717) is 24.2 Å². The van der Waals surface area contributed by atoms with Crippen molar-refractivity contribution in [3.05, 3.63) is 23.5 Å². The summed E-state index contributed by atoms with van der Waals surface area (Å²) in [6.07, 6.45) is 4.84. The van der Waals surface area contributed by atoms with Gasteiger partial charge in [0.2, 0.25) is 0 Å². The molecule has 1 aliphatic rings. The fourth-order valence-electron chi connectivity index (χ4n) is 1.65. The summed E-state index contributed by atoms with van der Waals surface area (Å²) in [5.41, 5.74) is -0.166. The molecule has 1 rings (SSSR count). The number of hydrogen-bond donors (Lipinski definition) is 0. The maximum Gasteiger partial charge on any atom is 0.316 e. The Morgan fingerprint density at radius 3 is 2.26 bits per heavy atom. The average molecular weight is 264 g/mol. The van der Waals surface area contributed by atoms with E-state index in [-0.39, 0.29) is 17.2 Å². The van der Waals surface area contributed by atoms with Gasteiger partial charge in [0.1, 0.15) is 5.76 Å². The second kappa shape index (κ2) is 5.32. The maximum atomic E-state index is 12.0. The first-order valence-electron chi connectivity index (χ1n) is 6.69. The highest BCUT2D eigenvalue weighted by Gasteiger charge is 2.29. The number of allylic oxidation sites excluding steroid dienone is 3. The SMILES string of the molecule is CC(C)(C)/C=C1/C(=O)CCC=C1OC(=O)C(C)(C)C. The Labute approximate surface area is 115 Å². The number of esters is 1. The minimum atomic E-state index is -0.575. The average Bonchev–Trinajstić information content (AvgIpc) is 2.20. The fraction of sp³-hybridized carbons (Fsp3) is 0.625. The highest BCUT2D eigenvalue weighted by molar-refractivity contribution is 6.00. The van der Waals surface area contributed by atoms with Gasteiger partial charge < -0.3 is 4.74 Å². The third kappa shape index (κ3) is 4.66. The molecule has 0 atom stereocenters. The molecule has 0 aliphatic heterocycles. The lowest BCUT2D eigenvalue weighted by Crippen LogP contribution is -2.25. The number of carbonyl (C=O) groups excluding carboxylic acids is 2. The first kappa shape index (κ1) is 15.7. The molecule has 0 unspecified atom stereocenters. The third-order valence-electron chi connectivity index (χ3n) is 2.66. The standard InChI is InChI=1S/C16H24O3/c1-15(2,3)10-11-12(17)8-7-9-13(11)19-14(18)16(4,5)6/h9-10H,7-8H2,1-6H3/b11-10-. The van der Waals surface area contributed by atoms with Crippen LogP contribution in [0.25, 0.3) is 0 Å². The fourth-order valence-corrected chi connectivity index (χ4v) is 1.65. The van der Waals surface area contributed by atoms with Gasteiger partial charge in [-0.2, -0.15) is 0 Å². The van der Waals surface area contributed by atoms with Crippen LogP contribution in [-0.2, 0) is 14.3 Å². The van der Waals surface area contributed by atoms with Crippen molar-refractivity contribution in [2.75, 3.05) is 0 Å². The first-order valence-corrected chi connectivity index (χ1v) is 6.69. The van der Waals surface area contributed by atoms with Gasteiger partial charge in [-0.25, -0.2) is 0 Å². The number of ketones is 1. The summed E-state index contributed by atoms with van der Waals surface area (Å²) in [7, 11) is 0. The Bertz CT molecular complexity index is 440. The summed E-state index contributed by atoms with van der Waals surface area (Å²) in [5, 5.41) is 0. The van der Waals surface area contributed by atoms with E-state index in [1.165, 1.54) is 0 Å². The monoisotopic (exact) mass is 264 g/mol. The van der Waals surface area contributed by atoms with Crippen LogP contribution in [-0.4, -0.2) is 11.8 Å². The van der Waals surface area contributed by atoms with Crippen molar-refractivity contribution in [2.24, 2.45) is 10.8 Å². The van der Waals surface area contributed by atoms with Gasteiger partial charge in [0.15, 0.2) is 5.78 Å². The van der Waals surface area contributed by atoms with E-state index >= 15 is 0 Å². The van der Waals surface area contributed by atoms with Gasteiger partial charge in [0, 0.05) is 6.42 Å². The first-order chi connectivity index (χ1) is 8.50. The molecule has 0 aromatic heterocycles. The Hall–Kier alpha value is -1.38. The Morgan fingerprint density at radius 1 is 1.21 bits per heavy atom. The van der Waals surface area contributed by atoms with E-state index in [4.69, 9.17) is 4.74 Å². The zero-order valence-corrected chi connectivity index (χ0v) is 12.8. The maximum absolute atomic E-state index is 12.0. The molecule has 0 spiro atoms. The topological polar surface area (TPSA) is 43.4 Å². The molecular formula is C16H24O3. The summed E-state index contributed by atoms with van der Waals surface area (Å²) in [4.78, 5) is 24.0. The predicted octanol–water partition coefficient (Wildman–Crippen LogP) is 3.80. The van der Waals surface area contributed by atoms with Gasteiger partial charge >= 0.3 is 5.97 Å². The van der Waals surface area contributed by atoms with Crippen molar-refractivity contribution in [1.29, 1.82) is 0 Å². The van der Waals surface area contributed by atoms with Gasteiger partial charge in [-0.05, 0) is 38.7 Å². The van der Waals surface area contributed by atoms with Crippen molar-refractivity contribution in [3.63, 3.8) is 0 Å². The lowest BCUT2D eigenvalue weighted by molar-refractivity contribution is -0.148. The lowest BCUT2D eigenvalue weighted by atomic mass is 9.88. The number of ether oxygens (including phenoxy) is 1. The summed E-state index contributed by atoms with van der Waals surface area (Å²) in [6.45, 7) is 11.5. The van der Waals surface area contributed by atoms with E-state index in [1.54, 1.807) is 20.8 Å². The van der Waals surface area contributed by atoms with Gasteiger partial charge in [0.25, 0.3) is 0 Å². The van der Waals surface area contributed by atoms with Crippen LogP contribution in [0.15, 0.2) is 23.5 Å². The molecule has 0 fully saturated rings. The molecule has 0 N–H and O–H groups in total. The minimum Gasteiger partial charge on any atom is -0.426 e. The van der Waals surface area contributed by atoms with E-state index < -0.39 is 5.41 Å². The minimum absolute atomic E-state index is 0.0501. The number of Topliss-reactive ketones (excluding diaryl/α,β-unsaturated/α-hetero) is 1. The molecule has 0 radical (unpaired) electrons. The van der Waals surface area contributed by atoms with Gasteiger partial charge in [-0.15, -0.1) is 0 Å². The van der Waals surface area contributed by atoms with Crippen molar-refractivity contribution < 1.29 is 14.3 Å². The van der Waals surface area contributed by atoms with E-state index in [0.717, 1.165) is 0 Å². The van der Waals surface area contributed by atoms with Crippen molar-refractivity contribution in [3.8, 4) is 0 Å². The van der Waals surface area contributed by atoms with Crippen LogP contribution < -0.4 is 0 Å². The Kier molecular flexibility index (Phi) is 4.39. The summed E-state index contributed by atoms with van der Waals surface area (Å²) in [6, 6.07) is 0. The van der Waals surface area contributed by atoms with E-state index in [2.05, 4.69) is 0 Å². The van der Waals surface area contributed by atoms with Crippen LogP contribution in [0.1, 0.15) is 54.4 Å². The number of rotatable bonds is 1. The van der Waals surface area contributed by atoms with Crippen molar-refractivity contribution in [2.45, 2.75) is 54.4 Å². The quantitative estimate of drug-likeness (QED) is 0.534. The van der Waals surface area contributed by atoms with E-state index in [1.807, 2.05) is 32.9 Å². The predicted molar refractivity (Wildman–Crippen MR) is 75.4 cm³/mol. The highest BCUT2D eigenvalue weighted by Crippen LogP contribution is 2.29. The summed E-state index contributed by atoms with van der Waals surface area (Å²) >= 11 is 0. The Morgan fingerprint density at radius 2 is 1.79 bits per heavy atom. The van der Waals surface area contributed by atoms with Gasteiger partial charge in [0.05, 0.1) is 11.0 Å². The van der Waals surface area contributed by atoms with Crippen LogP contribution in [0.4, 0.5) is 0 Å².